The van der Waals surface area contributed by atoms with Crippen LogP contribution in [0.5, 0.6) is 5.75 Å². The van der Waals surface area contributed by atoms with Crippen molar-refractivity contribution in [2.75, 3.05) is 26.9 Å². The third-order valence-corrected chi connectivity index (χ3v) is 4.68. The van der Waals surface area contributed by atoms with E-state index in [0.717, 1.165) is 29.8 Å². The highest BCUT2D eigenvalue weighted by Crippen LogP contribution is 2.33. The smallest absolute Gasteiger partial charge is 0.175 e. The summed E-state index contributed by atoms with van der Waals surface area (Å²) >= 11 is 0. The molecule has 2 aliphatic rings. The second-order valence-electron chi connectivity index (χ2n) is 8.29. The molecule has 0 atom stereocenters. The topological polar surface area (TPSA) is 67.6 Å². The normalized spacial score (nSPS) is 18.9. The van der Waals surface area contributed by atoms with E-state index in [-0.39, 0.29) is 17.8 Å². The summed E-state index contributed by atoms with van der Waals surface area (Å²) in [6.45, 7) is 6.61. The molecule has 7 heteroatoms. The Morgan fingerprint density at radius 2 is 2.03 bits per heavy atom. The molecular weight excluding hydrogens is 370 g/mol. The van der Waals surface area contributed by atoms with Crippen molar-refractivity contribution in [2.45, 2.75) is 45.6 Å². The van der Waals surface area contributed by atoms with E-state index in [0.29, 0.717) is 32.1 Å². The van der Waals surface area contributed by atoms with E-state index in [1.54, 1.807) is 19.6 Å². The third kappa shape index (κ3) is 5.36. The summed E-state index contributed by atoms with van der Waals surface area (Å²) in [6, 6.07) is 1.93. The van der Waals surface area contributed by atoms with Crippen LogP contribution in [0.3, 0.4) is 0 Å². The number of rotatable bonds is 6. The van der Waals surface area contributed by atoms with Crippen molar-refractivity contribution in [1.82, 2.24) is 14.5 Å². The van der Waals surface area contributed by atoms with Gasteiger partial charge in [-0.3, -0.25) is 0 Å². The van der Waals surface area contributed by atoms with Gasteiger partial charge in [-0.2, -0.15) is 0 Å². The van der Waals surface area contributed by atoms with Gasteiger partial charge >= 0.3 is 0 Å². The maximum absolute atomic E-state index is 6.08. The Hall–Kier alpha value is -2.40. The van der Waals surface area contributed by atoms with Crippen molar-refractivity contribution in [3.63, 3.8) is 0 Å². The van der Waals surface area contributed by atoms with Gasteiger partial charge in [-0.25, -0.2) is 9.97 Å². The van der Waals surface area contributed by atoms with Crippen LogP contribution in [0.1, 0.15) is 32.3 Å². The molecule has 4 rings (SSSR count). The lowest BCUT2D eigenvalue weighted by molar-refractivity contribution is -0.226. The zero-order valence-corrected chi connectivity index (χ0v) is 17.2. The second kappa shape index (κ2) is 8.54. The van der Waals surface area contributed by atoms with Crippen LogP contribution in [-0.2, 0) is 20.8 Å². The molecular formula is C22H27N3O4. The Morgan fingerprint density at radius 3 is 2.76 bits per heavy atom. The number of imidazole rings is 1. The van der Waals surface area contributed by atoms with Crippen LogP contribution in [0.2, 0.25) is 0 Å². The van der Waals surface area contributed by atoms with Crippen LogP contribution < -0.4 is 4.74 Å². The minimum absolute atomic E-state index is 0.0590. The van der Waals surface area contributed by atoms with Crippen LogP contribution in [0.15, 0.2) is 24.8 Å². The maximum Gasteiger partial charge on any atom is 0.175 e. The fraction of sp³-hybridized carbons (Fsp3) is 0.545. The molecule has 0 unspecified atom stereocenters. The SMILES string of the molecule is COCC#Cc1cnc(-c2cn(CC3OCC(C)(C)CO3)cn2)c(OC2CC2)c1. The number of ether oxygens (including phenoxy) is 4. The molecule has 1 aliphatic carbocycles. The zero-order valence-electron chi connectivity index (χ0n) is 17.2. The van der Waals surface area contributed by atoms with E-state index in [2.05, 4.69) is 35.7 Å². The summed E-state index contributed by atoms with van der Waals surface area (Å²) in [5.41, 5.74) is 2.34. The Balaban J connectivity index is 1.49. The first-order chi connectivity index (χ1) is 14.0. The number of pyridine rings is 1. The van der Waals surface area contributed by atoms with Crippen LogP contribution in [0, 0.1) is 17.3 Å². The Kier molecular flexibility index (Phi) is 5.86. The first-order valence-electron chi connectivity index (χ1n) is 9.92. The average Bonchev–Trinajstić information content (AvgIpc) is 3.39. The van der Waals surface area contributed by atoms with Crippen molar-refractivity contribution < 1.29 is 18.9 Å². The standard InChI is InChI=1S/C22H27N3O4/c1-22(2)13-27-20(28-14-22)12-25-11-18(24-15-25)21-19(29-17-6-7-17)9-16(10-23-21)5-4-8-26-3/h9-11,15,17,20H,6-8,12-14H2,1-3H3. The van der Waals surface area contributed by atoms with Crippen LogP contribution >= 0.6 is 0 Å². The molecule has 0 spiro atoms. The monoisotopic (exact) mass is 397 g/mol. The van der Waals surface area contributed by atoms with Crippen molar-refractivity contribution in [3.8, 4) is 29.0 Å². The molecule has 1 saturated carbocycles. The molecule has 7 nitrogen and oxygen atoms in total. The maximum atomic E-state index is 6.08. The second-order valence-corrected chi connectivity index (χ2v) is 8.29. The highest BCUT2D eigenvalue weighted by molar-refractivity contribution is 5.63. The lowest BCUT2D eigenvalue weighted by Crippen LogP contribution is -2.39. The average molecular weight is 397 g/mol. The summed E-state index contributed by atoms with van der Waals surface area (Å²) in [6.07, 6.45) is 7.60. The van der Waals surface area contributed by atoms with Crippen LogP contribution in [0.4, 0.5) is 0 Å². The van der Waals surface area contributed by atoms with E-state index in [4.69, 9.17) is 18.9 Å². The predicted molar refractivity (Wildman–Crippen MR) is 107 cm³/mol. The number of aromatic nitrogens is 3. The molecule has 0 N–H and O–H groups in total. The summed E-state index contributed by atoms with van der Waals surface area (Å²) in [4.78, 5) is 9.11. The predicted octanol–water partition coefficient (Wildman–Crippen LogP) is 2.88. The Bertz CT molecular complexity index is 898. The zero-order chi connectivity index (χ0) is 20.3. The Labute approximate surface area is 171 Å². The molecule has 0 radical (unpaired) electrons. The molecule has 3 heterocycles. The fourth-order valence-electron chi connectivity index (χ4n) is 2.96. The molecule has 2 aromatic rings. The van der Waals surface area contributed by atoms with Gasteiger partial charge in [0.15, 0.2) is 6.29 Å². The molecule has 1 aliphatic heterocycles. The molecule has 154 valence electrons. The molecule has 0 aromatic carbocycles. The highest BCUT2D eigenvalue weighted by Gasteiger charge is 2.29. The summed E-state index contributed by atoms with van der Waals surface area (Å²) in [5.74, 6) is 6.71. The van der Waals surface area contributed by atoms with Crippen molar-refractivity contribution >= 4 is 0 Å². The lowest BCUT2D eigenvalue weighted by atomic mass is 9.96. The van der Waals surface area contributed by atoms with Gasteiger partial charge in [-0.1, -0.05) is 25.7 Å². The first-order valence-corrected chi connectivity index (χ1v) is 9.92. The molecule has 2 fully saturated rings. The molecule has 2 aromatic heterocycles. The minimum atomic E-state index is -0.265. The molecule has 0 amide bonds. The molecule has 0 bridgehead atoms. The van der Waals surface area contributed by atoms with Crippen LogP contribution in [-0.4, -0.2) is 53.9 Å². The number of hydrogen-bond acceptors (Lipinski definition) is 6. The van der Waals surface area contributed by atoms with E-state index in [9.17, 15) is 0 Å². The van der Waals surface area contributed by atoms with E-state index in [1.807, 2.05) is 16.8 Å². The number of methoxy groups -OCH3 is 1. The van der Waals surface area contributed by atoms with Gasteiger partial charge in [-0.15, -0.1) is 0 Å². The number of hydrogen-bond donors (Lipinski definition) is 0. The fourth-order valence-corrected chi connectivity index (χ4v) is 2.96. The van der Waals surface area contributed by atoms with Gasteiger partial charge in [0.1, 0.15) is 23.7 Å². The van der Waals surface area contributed by atoms with Crippen LogP contribution in [0.25, 0.3) is 11.4 Å². The van der Waals surface area contributed by atoms with Gasteiger partial charge in [0.2, 0.25) is 0 Å². The van der Waals surface area contributed by atoms with Gasteiger partial charge < -0.3 is 23.5 Å². The van der Waals surface area contributed by atoms with E-state index >= 15 is 0 Å². The summed E-state index contributed by atoms with van der Waals surface area (Å²) < 4.78 is 24.7. The van der Waals surface area contributed by atoms with Crippen molar-refractivity contribution in [3.05, 3.63) is 30.4 Å². The third-order valence-electron chi connectivity index (χ3n) is 4.68. The lowest BCUT2D eigenvalue weighted by Gasteiger charge is -2.34. The van der Waals surface area contributed by atoms with Crippen molar-refractivity contribution in [2.24, 2.45) is 5.41 Å². The minimum Gasteiger partial charge on any atom is -0.488 e. The summed E-state index contributed by atoms with van der Waals surface area (Å²) in [7, 11) is 1.62. The van der Waals surface area contributed by atoms with Gasteiger partial charge in [0, 0.05) is 30.5 Å². The van der Waals surface area contributed by atoms with Gasteiger partial charge in [0.25, 0.3) is 0 Å². The highest BCUT2D eigenvalue weighted by atomic mass is 16.7. The quantitative estimate of drug-likeness (QED) is 0.699. The van der Waals surface area contributed by atoms with Gasteiger partial charge in [0.05, 0.1) is 32.2 Å². The van der Waals surface area contributed by atoms with E-state index < -0.39 is 0 Å². The summed E-state index contributed by atoms with van der Waals surface area (Å²) in [5, 5.41) is 0. The van der Waals surface area contributed by atoms with E-state index in [1.165, 1.54) is 0 Å². The molecule has 1 saturated heterocycles. The molecule has 29 heavy (non-hydrogen) atoms. The Morgan fingerprint density at radius 1 is 1.24 bits per heavy atom. The van der Waals surface area contributed by atoms with Crippen molar-refractivity contribution in [1.29, 1.82) is 0 Å². The first kappa shape index (κ1) is 19.9. The number of nitrogens with zero attached hydrogens (tertiary/aromatic N) is 3. The van der Waals surface area contributed by atoms with Gasteiger partial charge in [-0.05, 0) is 18.9 Å². The largest absolute Gasteiger partial charge is 0.488 e.